The van der Waals surface area contributed by atoms with Gasteiger partial charge in [0.05, 0.1) is 6.61 Å². The molecule has 2 aromatic carbocycles. The molecule has 0 aliphatic heterocycles. The summed E-state index contributed by atoms with van der Waals surface area (Å²) < 4.78 is 74.5. The maximum Gasteiger partial charge on any atom is 0.405 e. The standard InChI is InChI=1S/C27H29F4N3O6/c1-6-37-19-11-14(8-10-18(19)38-24(30)31)23-34-20(21(39-23)27(5,26(2,3)4)40-25(32)36)22(35)33-13-15-7-9-16(28)12-17(15)29/h7-12,24H,6,13H2,1-5H3,(H2,32,36)(H,33,35). The van der Waals surface area contributed by atoms with Gasteiger partial charge in [-0.15, -0.1) is 0 Å². The number of carbonyl (C=O) groups is 2. The quantitative estimate of drug-likeness (QED) is 0.292. The molecule has 0 spiro atoms. The number of nitrogens with two attached hydrogens (primary N) is 1. The maximum atomic E-state index is 14.1. The molecule has 3 rings (SSSR count). The number of ether oxygens (including phenoxy) is 3. The van der Waals surface area contributed by atoms with Crippen LogP contribution in [-0.2, 0) is 16.9 Å². The maximum absolute atomic E-state index is 14.1. The number of amides is 2. The summed E-state index contributed by atoms with van der Waals surface area (Å²) in [6.07, 6.45) is -1.15. The Labute approximate surface area is 227 Å². The van der Waals surface area contributed by atoms with E-state index in [9.17, 15) is 27.2 Å². The molecule has 0 radical (unpaired) electrons. The van der Waals surface area contributed by atoms with Gasteiger partial charge in [-0.1, -0.05) is 26.8 Å². The van der Waals surface area contributed by atoms with Crippen LogP contribution in [0.5, 0.6) is 11.5 Å². The van der Waals surface area contributed by atoms with Crippen molar-refractivity contribution < 1.29 is 45.8 Å². The second kappa shape index (κ2) is 11.8. The minimum Gasteiger partial charge on any atom is -0.490 e. The Morgan fingerprint density at radius 2 is 1.77 bits per heavy atom. The number of hydrogen-bond acceptors (Lipinski definition) is 7. The Hall–Kier alpha value is -4.29. The van der Waals surface area contributed by atoms with Gasteiger partial charge >= 0.3 is 12.7 Å². The highest BCUT2D eigenvalue weighted by molar-refractivity contribution is 5.94. The van der Waals surface area contributed by atoms with Crippen LogP contribution in [0.1, 0.15) is 56.4 Å². The van der Waals surface area contributed by atoms with E-state index in [-0.39, 0.29) is 53.1 Å². The van der Waals surface area contributed by atoms with Crippen molar-refractivity contribution in [3.63, 3.8) is 0 Å². The van der Waals surface area contributed by atoms with Gasteiger partial charge in [0, 0.05) is 29.2 Å². The fourth-order valence-electron chi connectivity index (χ4n) is 3.69. The van der Waals surface area contributed by atoms with E-state index in [1.54, 1.807) is 27.7 Å². The third-order valence-electron chi connectivity index (χ3n) is 6.17. The van der Waals surface area contributed by atoms with E-state index >= 15 is 0 Å². The van der Waals surface area contributed by atoms with E-state index in [0.29, 0.717) is 6.07 Å². The molecule has 0 bridgehead atoms. The molecule has 1 aromatic heterocycles. The van der Waals surface area contributed by atoms with Crippen molar-refractivity contribution in [3.8, 4) is 23.0 Å². The van der Waals surface area contributed by atoms with E-state index < -0.39 is 41.3 Å². The van der Waals surface area contributed by atoms with Crippen molar-refractivity contribution in [1.29, 1.82) is 0 Å². The van der Waals surface area contributed by atoms with Gasteiger partial charge in [0.2, 0.25) is 5.89 Å². The molecule has 0 saturated carbocycles. The number of nitrogens with one attached hydrogen (secondary N) is 1. The summed E-state index contributed by atoms with van der Waals surface area (Å²) in [4.78, 5) is 29.5. The van der Waals surface area contributed by atoms with Gasteiger partial charge in [-0.25, -0.2) is 18.6 Å². The van der Waals surface area contributed by atoms with Crippen LogP contribution < -0.4 is 20.5 Å². The predicted molar refractivity (Wildman–Crippen MR) is 135 cm³/mol. The van der Waals surface area contributed by atoms with Crippen LogP contribution in [0.4, 0.5) is 22.4 Å². The number of hydrogen-bond donors (Lipinski definition) is 2. The number of aromatic nitrogens is 1. The first-order chi connectivity index (χ1) is 18.7. The third kappa shape index (κ3) is 6.64. The molecule has 9 nitrogen and oxygen atoms in total. The molecule has 1 unspecified atom stereocenters. The number of rotatable bonds is 10. The lowest BCUT2D eigenvalue weighted by molar-refractivity contribution is -0.0707. The Morgan fingerprint density at radius 1 is 1.07 bits per heavy atom. The van der Waals surface area contributed by atoms with Gasteiger partial charge in [-0.2, -0.15) is 8.78 Å². The SMILES string of the molecule is CCOc1cc(-c2nc(C(=O)NCc3ccc(F)cc3F)c(C(C)(OC(N)=O)C(C)(C)C)o2)ccc1OC(F)F. The average molecular weight is 568 g/mol. The molecule has 0 aliphatic carbocycles. The smallest absolute Gasteiger partial charge is 0.405 e. The molecule has 2 amide bonds. The Kier molecular flexibility index (Phi) is 8.96. The van der Waals surface area contributed by atoms with E-state index in [4.69, 9.17) is 19.6 Å². The number of halogens is 4. The average Bonchev–Trinajstić information content (AvgIpc) is 3.29. The Bertz CT molecular complexity index is 1390. The lowest BCUT2D eigenvalue weighted by Crippen LogP contribution is -2.44. The molecular formula is C27H29F4N3O6. The molecule has 0 fully saturated rings. The summed E-state index contributed by atoms with van der Waals surface area (Å²) in [6.45, 7) is 4.93. The minimum absolute atomic E-state index is 0.00274. The van der Waals surface area contributed by atoms with Crippen molar-refractivity contribution in [1.82, 2.24) is 10.3 Å². The molecule has 1 atom stereocenters. The Balaban J connectivity index is 2.12. The van der Waals surface area contributed by atoms with Crippen LogP contribution in [0.25, 0.3) is 11.5 Å². The number of alkyl halides is 2. The number of nitrogens with zero attached hydrogens (tertiary/aromatic N) is 1. The molecule has 216 valence electrons. The highest BCUT2D eigenvalue weighted by Crippen LogP contribution is 2.45. The van der Waals surface area contributed by atoms with Gasteiger partial charge in [0.25, 0.3) is 5.91 Å². The van der Waals surface area contributed by atoms with Crippen LogP contribution in [0.2, 0.25) is 0 Å². The van der Waals surface area contributed by atoms with Crippen molar-refractivity contribution in [2.75, 3.05) is 6.61 Å². The first-order valence-corrected chi connectivity index (χ1v) is 12.1. The lowest BCUT2D eigenvalue weighted by atomic mass is 9.75. The summed E-state index contributed by atoms with van der Waals surface area (Å²) in [6, 6.07) is 6.80. The highest BCUT2D eigenvalue weighted by atomic mass is 19.3. The minimum atomic E-state index is -3.10. The third-order valence-corrected chi connectivity index (χ3v) is 6.17. The number of primary amides is 1. The van der Waals surface area contributed by atoms with E-state index in [1.165, 1.54) is 31.2 Å². The number of oxazole rings is 1. The normalized spacial score (nSPS) is 13.1. The van der Waals surface area contributed by atoms with Crippen molar-refractivity contribution in [3.05, 3.63) is 65.1 Å². The summed E-state index contributed by atoms with van der Waals surface area (Å²) in [5.74, 6) is -3.09. The zero-order chi connectivity index (χ0) is 29.8. The Morgan fingerprint density at radius 3 is 2.35 bits per heavy atom. The molecule has 0 aliphatic rings. The van der Waals surface area contributed by atoms with Gasteiger partial charge < -0.3 is 29.7 Å². The van der Waals surface area contributed by atoms with E-state index in [1.807, 2.05) is 0 Å². The van der Waals surface area contributed by atoms with Crippen LogP contribution in [0.3, 0.4) is 0 Å². The van der Waals surface area contributed by atoms with Gasteiger partial charge in [0.1, 0.15) is 11.6 Å². The first-order valence-electron chi connectivity index (χ1n) is 12.1. The van der Waals surface area contributed by atoms with Gasteiger partial charge in [0.15, 0.2) is 28.6 Å². The molecular weight excluding hydrogens is 538 g/mol. The molecule has 0 saturated heterocycles. The zero-order valence-corrected chi connectivity index (χ0v) is 22.4. The van der Waals surface area contributed by atoms with Crippen molar-refractivity contribution >= 4 is 12.0 Å². The zero-order valence-electron chi connectivity index (χ0n) is 22.4. The molecule has 3 N–H and O–H groups in total. The lowest BCUT2D eigenvalue weighted by Gasteiger charge is -2.38. The topological polar surface area (TPSA) is 126 Å². The highest BCUT2D eigenvalue weighted by Gasteiger charge is 2.49. The summed E-state index contributed by atoms with van der Waals surface area (Å²) in [5, 5.41) is 2.50. The monoisotopic (exact) mass is 567 g/mol. The van der Waals surface area contributed by atoms with Gasteiger partial charge in [-0.05, 0) is 38.1 Å². The molecule has 3 aromatic rings. The van der Waals surface area contributed by atoms with Crippen molar-refractivity contribution in [2.24, 2.45) is 11.1 Å². The van der Waals surface area contributed by atoms with Crippen LogP contribution in [-0.4, -0.2) is 30.2 Å². The predicted octanol–water partition coefficient (Wildman–Crippen LogP) is 5.91. The second-order valence-corrected chi connectivity index (χ2v) is 9.79. The van der Waals surface area contributed by atoms with Crippen LogP contribution in [0.15, 0.2) is 40.8 Å². The van der Waals surface area contributed by atoms with E-state index in [0.717, 1.165) is 6.07 Å². The van der Waals surface area contributed by atoms with E-state index in [2.05, 4.69) is 15.0 Å². The largest absolute Gasteiger partial charge is 0.490 e. The number of carbonyl (C=O) groups excluding carboxylic acids is 2. The first kappa shape index (κ1) is 30.3. The summed E-state index contributed by atoms with van der Waals surface area (Å²) in [5.41, 5.74) is 2.70. The van der Waals surface area contributed by atoms with Gasteiger partial charge in [-0.3, -0.25) is 4.79 Å². The molecule has 1 heterocycles. The summed E-state index contributed by atoms with van der Waals surface area (Å²) >= 11 is 0. The second-order valence-electron chi connectivity index (χ2n) is 9.79. The molecule has 40 heavy (non-hydrogen) atoms. The van der Waals surface area contributed by atoms with Crippen molar-refractivity contribution in [2.45, 2.75) is 53.4 Å². The van der Waals surface area contributed by atoms with Crippen LogP contribution >= 0.6 is 0 Å². The number of benzene rings is 2. The fourth-order valence-corrected chi connectivity index (χ4v) is 3.69. The molecule has 13 heteroatoms. The fraction of sp³-hybridized carbons (Fsp3) is 0.370. The van der Waals surface area contributed by atoms with Crippen LogP contribution in [0, 0.1) is 17.0 Å². The summed E-state index contributed by atoms with van der Waals surface area (Å²) in [7, 11) is 0.